The fourth-order valence-corrected chi connectivity index (χ4v) is 1.25. The van der Waals surface area contributed by atoms with E-state index in [1.807, 2.05) is 0 Å². The summed E-state index contributed by atoms with van der Waals surface area (Å²) in [7, 11) is 1.07. The molecule has 0 aromatic carbocycles. The van der Waals surface area contributed by atoms with Crippen LogP contribution < -0.4 is 4.74 Å². The molecule has 0 saturated heterocycles. The molecule has 16 heavy (non-hydrogen) atoms. The highest BCUT2D eigenvalue weighted by atomic mass is 35.5. The zero-order chi connectivity index (χ0) is 12.5. The molecule has 8 heteroatoms. The SMILES string of the molecule is COc1nc(C(F)F)c(C(F)(F)F)cc1Cl. The summed E-state index contributed by atoms with van der Waals surface area (Å²) in [5.74, 6) is -0.468. The van der Waals surface area contributed by atoms with Gasteiger partial charge in [0.15, 0.2) is 0 Å². The van der Waals surface area contributed by atoms with E-state index < -0.39 is 34.8 Å². The molecule has 1 rings (SSSR count). The van der Waals surface area contributed by atoms with Gasteiger partial charge in [-0.3, -0.25) is 0 Å². The number of methoxy groups -OCH3 is 1. The van der Waals surface area contributed by atoms with Crippen LogP contribution in [0.1, 0.15) is 17.7 Å². The molecular weight excluding hydrogens is 257 g/mol. The Bertz CT molecular complexity index is 393. The van der Waals surface area contributed by atoms with Gasteiger partial charge >= 0.3 is 6.18 Å². The number of ether oxygens (including phenoxy) is 1. The zero-order valence-electron chi connectivity index (χ0n) is 7.78. The van der Waals surface area contributed by atoms with Crippen molar-refractivity contribution in [1.29, 1.82) is 0 Å². The summed E-state index contributed by atoms with van der Waals surface area (Å²) < 4.78 is 66.2. The second-order valence-electron chi connectivity index (χ2n) is 2.71. The third-order valence-electron chi connectivity index (χ3n) is 1.68. The van der Waals surface area contributed by atoms with E-state index in [4.69, 9.17) is 11.6 Å². The van der Waals surface area contributed by atoms with E-state index in [1.165, 1.54) is 0 Å². The molecule has 0 aliphatic carbocycles. The zero-order valence-corrected chi connectivity index (χ0v) is 8.53. The van der Waals surface area contributed by atoms with Gasteiger partial charge < -0.3 is 4.74 Å². The van der Waals surface area contributed by atoms with Crippen LogP contribution in [0, 0.1) is 0 Å². The lowest BCUT2D eigenvalue weighted by molar-refractivity contribution is -0.140. The summed E-state index contributed by atoms with van der Waals surface area (Å²) in [5, 5.41) is -0.473. The van der Waals surface area contributed by atoms with Crippen LogP contribution >= 0.6 is 11.6 Å². The third kappa shape index (κ3) is 2.52. The van der Waals surface area contributed by atoms with Crippen molar-refractivity contribution >= 4 is 11.6 Å². The molecule has 1 aromatic heterocycles. The van der Waals surface area contributed by atoms with E-state index in [2.05, 4.69) is 9.72 Å². The first kappa shape index (κ1) is 13.0. The maximum absolute atomic E-state index is 12.4. The molecular formula is C8H5ClF5NO. The van der Waals surface area contributed by atoms with Gasteiger partial charge in [0.05, 0.1) is 12.7 Å². The molecule has 0 amide bonds. The first-order valence-corrected chi connectivity index (χ1v) is 4.25. The average molecular weight is 262 g/mol. The molecule has 0 N–H and O–H groups in total. The van der Waals surface area contributed by atoms with Crippen LogP contribution in [0.25, 0.3) is 0 Å². The Hall–Kier alpha value is -1.11. The lowest BCUT2D eigenvalue weighted by atomic mass is 10.2. The van der Waals surface area contributed by atoms with Crippen LogP contribution in [-0.2, 0) is 6.18 Å². The minimum atomic E-state index is -4.94. The molecule has 0 radical (unpaired) electrons. The van der Waals surface area contributed by atoms with E-state index in [-0.39, 0.29) is 0 Å². The Balaban J connectivity index is 3.42. The maximum atomic E-state index is 12.4. The lowest BCUT2D eigenvalue weighted by Crippen LogP contribution is -2.12. The highest BCUT2D eigenvalue weighted by Crippen LogP contribution is 2.39. The molecule has 0 saturated carbocycles. The summed E-state index contributed by atoms with van der Waals surface area (Å²) in [6, 6.07) is 0.370. The second kappa shape index (κ2) is 4.40. The van der Waals surface area contributed by atoms with Crippen molar-refractivity contribution in [3.8, 4) is 5.88 Å². The van der Waals surface area contributed by atoms with Crippen molar-refractivity contribution in [3.63, 3.8) is 0 Å². The minimum Gasteiger partial charge on any atom is -0.480 e. The van der Waals surface area contributed by atoms with Gasteiger partial charge in [-0.05, 0) is 6.07 Å². The van der Waals surface area contributed by atoms with E-state index in [0.29, 0.717) is 6.07 Å². The summed E-state index contributed by atoms with van der Waals surface area (Å²) >= 11 is 5.38. The summed E-state index contributed by atoms with van der Waals surface area (Å²) in [5.41, 5.74) is -2.96. The standard InChI is InChI=1S/C8H5ClF5NO/c1-16-7-4(9)2-3(8(12,13)14)5(15-7)6(10)11/h2,6H,1H3. The van der Waals surface area contributed by atoms with Gasteiger partial charge in [0.25, 0.3) is 6.43 Å². The van der Waals surface area contributed by atoms with Crippen LogP contribution in [0.3, 0.4) is 0 Å². The Morgan fingerprint density at radius 2 is 1.94 bits per heavy atom. The molecule has 0 bridgehead atoms. The van der Waals surface area contributed by atoms with E-state index >= 15 is 0 Å². The van der Waals surface area contributed by atoms with Gasteiger partial charge in [-0.1, -0.05) is 11.6 Å². The second-order valence-corrected chi connectivity index (χ2v) is 3.12. The minimum absolute atomic E-state index is 0.370. The molecule has 0 atom stereocenters. The molecule has 1 heterocycles. The van der Waals surface area contributed by atoms with Gasteiger partial charge in [-0.25, -0.2) is 13.8 Å². The molecule has 0 aliphatic rings. The van der Waals surface area contributed by atoms with E-state index in [0.717, 1.165) is 7.11 Å². The van der Waals surface area contributed by atoms with Gasteiger partial charge in [-0.15, -0.1) is 0 Å². The summed E-state index contributed by atoms with van der Waals surface area (Å²) in [6.07, 6.45) is -8.29. The fourth-order valence-electron chi connectivity index (χ4n) is 1.02. The van der Waals surface area contributed by atoms with Crippen molar-refractivity contribution in [1.82, 2.24) is 4.98 Å². The number of rotatable bonds is 2. The Labute approximate surface area is 92.0 Å². The first-order valence-electron chi connectivity index (χ1n) is 3.87. The lowest BCUT2D eigenvalue weighted by Gasteiger charge is -2.13. The third-order valence-corrected chi connectivity index (χ3v) is 1.95. The maximum Gasteiger partial charge on any atom is 0.418 e. The normalized spacial score (nSPS) is 12.0. The number of nitrogens with zero attached hydrogens (tertiary/aromatic N) is 1. The van der Waals surface area contributed by atoms with Crippen molar-refractivity contribution in [2.24, 2.45) is 0 Å². The fraction of sp³-hybridized carbons (Fsp3) is 0.375. The van der Waals surface area contributed by atoms with Crippen molar-refractivity contribution in [2.75, 3.05) is 7.11 Å². The van der Waals surface area contributed by atoms with Gasteiger partial charge in [-0.2, -0.15) is 13.2 Å². The number of hydrogen-bond donors (Lipinski definition) is 0. The first-order chi connectivity index (χ1) is 7.27. The summed E-state index contributed by atoms with van der Waals surface area (Å²) in [4.78, 5) is 3.03. The van der Waals surface area contributed by atoms with Gasteiger partial charge in [0, 0.05) is 0 Å². The number of hydrogen-bond acceptors (Lipinski definition) is 2. The Kier molecular flexibility index (Phi) is 3.57. The smallest absolute Gasteiger partial charge is 0.418 e. The van der Waals surface area contributed by atoms with E-state index in [1.54, 1.807) is 0 Å². The molecule has 1 aromatic rings. The van der Waals surface area contributed by atoms with Crippen LogP contribution in [-0.4, -0.2) is 12.1 Å². The summed E-state index contributed by atoms with van der Waals surface area (Å²) in [6.45, 7) is 0. The number of pyridine rings is 1. The highest BCUT2D eigenvalue weighted by Gasteiger charge is 2.37. The highest BCUT2D eigenvalue weighted by molar-refractivity contribution is 6.31. The van der Waals surface area contributed by atoms with Crippen molar-refractivity contribution < 1.29 is 26.7 Å². The number of alkyl halides is 5. The van der Waals surface area contributed by atoms with Crippen molar-refractivity contribution in [2.45, 2.75) is 12.6 Å². The van der Waals surface area contributed by atoms with Gasteiger partial charge in [0.1, 0.15) is 10.7 Å². The molecule has 2 nitrogen and oxygen atoms in total. The topological polar surface area (TPSA) is 22.1 Å². The van der Waals surface area contributed by atoms with Crippen LogP contribution in [0.5, 0.6) is 5.88 Å². The largest absolute Gasteiger partial charge is 0.480 e. The molecule has 0 aliphatic heterocycles. The Morgan fingerprint density at radius 1 is 1.38 bits per heavy atom. The predicted molar refractivity (Wildman–Crippen MR) is 45.8 cm³/mol. The van der Waals surface area contributed by atoms with E-state index in [9.17, 15) is 22.0 Å². The van der Waals surface area contributed by atoms with Gasteiger partial charge in [0.2, 0.25) is 5.88 Å². The van der Waals surface area contributed by atoms with Crippen LogP contribution in [0.4, 0.5) is 22.0 Å². The molecule has 0 unspecified atom stereocenters. The molecule has 0 fully saturated rings. The molecule has 90 valence electrons. The molecule has 0 spiro atoms. The quantitative estimate of drug-likeness (QED) is 0.757. The van der Waals surface area contributed by atoms with Crippen molar-refractivity contribution in [3.05, 3.63) is 22.3 Å². The Morgan fingerprint density at radius 3 is 2.31 bits per heavy atom. The van der Waals surface area contributed by atoms with Crippen LogP contribution in [0.2, 0.25) is 5.02 Å². The number of halogens is 6. The predicted octanol–water partition coefficient (Wildman–Crippen LogP) is 3.70. The van der Waals surface area contributed by atoms with Crippen LogP contribution in [0.15, 0.2) is 6.07 Å². The average Bonchev–Trinajstić information content (AvgIpc) is 2.15. The monoisotopic (exact) mass is 261 g/mol. The number of aromatic nitrogens is 1.